The summed E-state index contributed by atoms with van der Waals surface area (Å²) >= 11 is 0. The van der Waals surface area contributed by atoms with Crippen molar-refractivity contribution in [2.45, 2.75) is 6.92 Å². The van der Waals surface area contributed by atoms with Gasteiger partial charge in [0.15, 0.2) is 0 Å². The Labute approximate surface area is 132 Å². The molecule has 23 heavy (non-hydrogen) atoms. The second kappa shape index (κ2) is 5.38. The fourth-order valence-corrected chi connectivity index (χ4v) is 2.58. The van der Waals surface area contributed by atoms with Crippen molar-refractivity contribution in [3.05, 3.63) is 65.9 Å². The van der Waals surface area contributed by atoms with Crippen molar-refractivity contribution in [3.63, 3.8) is 0 Å². The lowest BCUT2D eigenvalue weighted by molar-refractivity contribution is 0.387. The minimum absolute atomic E-state index is 0. The highest BCUT2D eigenvalue weighted by atomic mass is 19.1. The Hall–Kier alpha value is -2.90. The number of aliphatic hydroxyl groups is 1. The second-order valence-corrected chi connectivity index (χ2v) is 5.05. The summed E-state index contributed by atoms with van der Waals surface area (Å²) in [7, 11) is 0. The highest BCUT2D eigenvalue weighted by molar-refractivity contribution is 6.07. The van der Waals surface area contributed by atoms with Crippen LogP contribution in [0.4, 0.5) is 21.5 Å². The molecule has 0 aromatic heterocycles. The lowest BCUT2D eigenvalue weighted by atomic mass is 10.1. The molecule has 2 aliphatic heterocycles. The lowest BCUT2D eigenvalue weighted by Gasteiger charge is -2.25. The lowest BCUT2D eigenvalue weighted by Crippen LogP contribution is -2.36. The third-order valence-electron chi connectivity index (χ3n) is 3.62. The first kappa shape index (κ1) is 15.0. The van der Waals surface area contributed by atoms with Crippen LogP contribution in [0.1, 0.15) is 6.92 Å². The molecule has 0 bridgehead atoms. The van der Waals surface area contributed by atoms with Crippen molar-refractivity contribution in [2.24, 2.45) is 4.99 Å². The van der Waals surface area contributed by atoms with Gasteiger partial charge in [0.25, 0.3) is 0 Å². The van der Waals surface area contributed by atoms with E-state index in [-0.39, 0.29) is 17.2 Å². The molecule has 1 radical (unpaired) electrons. The number of nitrogens with zero attached hydrogens (tertiary/aromatic N) is 4. The molecule has 0 atom stereocenters. The van der Waals surface area contributed by atoms with Crippen molar-refractivity contribution < 1.29 is 15.0 Å². The minimum atomic E-state index is -0.337. The number of allylic oxidation sites excluding steroid dienone is 1. The van der Waals surface area contributed by atoms with Crippen molar-refractivity contribution >= 4 is 22.8 Å². The molecule has 0 saturated carbocycles. The third kappa shape index (κ3) is 2.23. The van der Waals surface area contributed by atoms with E-state index in [0.717, 1.165) is 11.4 Å². The molecule has 2 heterocycles. The van der Waals surface area contributed by atoms with Gasteiger partial charge in [0.1, 0.15) is 11.5 Å². The van der Waals surface area contributed by atoms with Gasteiger partial charge in [-0.05, 0) is 48.9 Å². The molecule has 0 spiro atoms. The van der Waals surface area contributed by atoms with Crippen LogP contribution >= 0.6 is 0 Å². The van der Waals surface area contributed by atoms with E-state index in [4.69, 9.17) is 0 Å². The van der Waals surface area contributed by atoms with Gasteiger partial charge in [0.2, 0.25) is 5.88 Å². The monoisotopic (exact) mass is 313 g/mol. The van der Waals surface area contributed by atoms with Gasteiger partial charge in [0.05, 0.1) is 22.8 Å². The van der Waals surface area contributed by atoms with Gasteiger partial charge in [-0.1, -0.05) is 12.1 Å². The average Bonchev–Trinajstić information content (AvgIpc) is 2.87. The van der Waals surface area contributed by atoms with Gasteiger partial charge >= 0.3 is 0 Å². The number of fused-ring (bicyclic) bond motifs is 3. The molecule has 2 aliphatic rings. The number of halogens is 1. The fourth-order valence-electron chi connectivity index (χ4n) is 2.58. The van der Waals surface area contributed by atoms with Crippen molar-refractivity contribution in [2.75, 3.05) is 10.0 Å². The van der Waals surface area contributed by atoms with Crippen LogP contribution in [0.5, 0.6) is 0 Å². The predicted molar refractivity (Wildman–Crippen MR) is 86.0 cm³/mol. The smallest absolute Gasteiger partial charge is 0.237 e. The summed E-state index contributed by atoms with van der Waals surface area (Å²) in [6, 6.07) is 13.3. The molecular weight excluding hydrogens is 299 g/mol. The summed E-state index contributed by atoms with van der Waals surface area (Å²) < 4.78 is 13.1. The highest BCUT2D eigenvalue weighted by Crippen LogP contribution is 2.40. The van der Waals surface area contributed by atoms with E-state index in [1.807, 2.05) is 31.2 Å². The first-order valence-corrected chi connectivity index (χ1v) is 6.80. The standard InChI is InChI=1S/C16H12FN4O.H2O/c1-10-15-16(22)20(12-8-6-11(17)7-9-12)19-21(15)14-5-3-2-4-13(14)18-10;/h2-9,22H,1H3;1H2. The molecular formula is C16H14FN4O2. The zero-order valence-electron chi connectivity index (χ0n) is 12.2. The maximum Gasteiger partial charge on any atom is 0.237 e. The number of aliphatic imine (C=N–C) groups is 1. The maximum absolute atomic E-state index is 13.1. The average molecular weight is 313 g/mol. The molecule has 6 nitrogen and oxygen atoms in total. The summed E-state index contributed by atoms with van der Waals surface area (Å²) in [6.07, 6.45) is 0. The topological polar surface area (TPSA) is 84.7 Å². The molecule has 3 N–H and O–H groups in total. The van der Waals surface area contributed by atoms with Crippen LogP contribution in [0.15, 0.2) is 65.1 Å². The minimum Gasteiger partial charge on any atom is -0.492 e. The Bertz CT molecular complexity index is 817. The zero-order valence-corrected chi connectivity index (χ0v) is 12.2. The van der Waals surface area contributed by atoms with Gasteiger partial charge in [-0.15, -0.1) is 0 Å². The Morgan fingerprint density at radius 2 is 1.70 bits per heavy atom. The predicted octanol–water partition coefficient (Wildman–Crippen LogP) is 2.60. The van der Waals surface area contributed by atoms with Crippen LogP contribution in [-0.4, -0.2) is 16.3 Å². The van der Waals surface area contributed by atoms with Crippen molar-refractivity contribution in [1.29, 1.82) is 0 Å². The summed E-state index contributed by atoms with van der Waals surface area (Å²) in [6.45, 7) is 1.82. The van der Waals surface area contributed by atoms with Gasteiger partial charge in [-0.25, -0.2) is 19.4 Å². The molecule has 7 heteroatoms. The van der Waals surface area contributed by atoms with Crippen LogP contribution < -0.4 is 15.6 Å². The summed E-state index contributed by atoms with van der Waals surface area (Å²) in [5.74, 6) is -0.363. The molecule has 2 aromatic rings. The van der Waals surface area contributed by atoms with Crippen LogP contribution in [-0.2, 0) is 0 Å². The van der Waals surface area contributed by atoms with E-state index >= 15 is 0 Å². The SMILES string of the molecule is CC1=Nc2ccccc2N2[N]N(c3ccc(F)cc3)C(O)=C12.O. The molecule has 117 valence electrons. The fraction of sp³-hybridized carbons (Fsp3) is 0.0625. The number of benzene rings is 2. The number of hydrogen-bond donors (Lipinski definition) is 1. The van der Waals surface area contributed by atoms with Crippen LogP contribution in [0.2, 0.25) is 0 Å². The second-order valence-electron chi connectivity index (χ2n) is 5.05. The van der Waals surface area contributed by atoms with E-state index in [2.05, 4.69) is 10.5 Å². The van der Waals surface area contributed by atoms with Crippen molar-refractivity contribution in [1.82, 2.24) is 5.53 Å². The maximum atomic E-state index is 13.1. The van der Waals surface area contributed by atoms with Crippen molar-refractivity contribution in [3.8, 4) is 0 Å². The van der Waals surface area contributed by atoms with E-state index in [9.17, 15) is 9.50 Å². The largest absolute Gasteiger partial charge is 0.492 e. The molecule has 0 amide bonds. The van der Waals surface area contributed by atoms with Gasteiger partial charge in [-0.3, -0.25) is 0 Å². The Morgan fingerprint density at radius 3 is 2.43 bits per heavy atom. The number of hydrogen-bond acceptors (Lipinski definition) is 4. The number of aliphatic hydroxyl groups excluding tert-OH is 1. The number of anilines is 2. The Morgan fingerprint density at radius 1 is 1.00 bits per heavy atom. The third-order valence-corrected chi connectivity index (χ3v) is 3.62. The van der Waals surface area contributed by atoms with E-state index in [1.54, 1.807) is 17.1 Å². The van der Waals surface area contributed by atoms with Crippen LogP contribution in [0.25, 0.3) is 0 Å². The number of rotatable bonds is 1. The first-order valence-electron chi connectivity index (χ1n) is 6.80. The molecule has 0 aliphatic carbocycles. The van der Waals surface area contributed by atoms with Crippen LogP contribution in [0, 0.1) is 5.82 Å². The molecule has 0 saturated heterocycles. The number of para-hydroxylation sites is 2. The summed E-state index contributed by atoms with van der Waals surface area (Å²) in [4.78, 5) is 4.49. The zero-order chi connectivity index (χ0) is 15.3. The normalized spacial score (nSPS) is 15.8. The summed E-state index contributed by atoms with van der Waals surface area (Å²) in [5.41, 5.74) is 7.78. The highest BCUT2D eigenvalue weighted by Gasteiger charge is 2.37. The first-order chi connectivity index (χ1) is 10.6. The van der Waals surface area contributed by atoms with Gasteiger partial charge < -0.3 is 10.6 Å². The Kier molecular flexibility index (Phi) is 3.51. The van der Waals surface area contributed by atoms with Gasteiger partial charge in [-0.2, -0.15) is 0 Å². The Balaban J connectivity index is 0.00000156. The van der Waals surface area contributed by atoms with Gasteiger partial charge in [0, 0.05) is 0 Å². The summed E-state index contributed by atoms with van der Waals surface area (Å²) in [5, 5.41) is 13.5. The molecule has 0 fully saturated rings. The van der Waals surface area contributed by atoms with E-state index in [0.29, 0.717) is 17.1 Å². The molecule has 4 rings (SSSR count). The van der Waals surface area contributed by atoms with E-state index < -0.39 is 0 Å². The molecule has 0 unspecified atom stereocenters. The van der Waals surface area contributed by atoms with Crippen LogP contribution in [0.3, 0.4) is 0 Å². The molecule has 2 aromatic carbocycles. The quantitative estimate of drug-likeness (QED) is 0.878. The van der Waals surface area contributed by atoms with E-state index in [1.165, 1.54) is 17.1 Å².